The number of amides is 1. The Balaban J connectivity index is 1.36. The lowest BCUT2D eigenvalue weighted by Gasteiger charge is -2.40. The van der Waals surface area contributed by atoms with E-state index in [0.29, 0.717) is 25.6 Å². The van der Waals surface area contributed by atoms with Gasteiger partial charge >= 0.3 is 0 Å². The first-order valence-electron chi connectivity index (χ1n) is 13.1. The first kappa shape index (κ1) is 25.5. The van der Waals surface area contributed by atoms with Crippen molar-refractivity contribution in [2.75, 3.05) is 31.1 Å². The SMILES string of the molecule is Cc1cn(C[C@H]2CN[C@H](C)CN2CC(=O)N2CC(C)(C)c3ncc(Cc4ccc(F)cc4)cc32)c(C)n1. The molecule has 0 bridgehead atoms. The summed E-state index contributed by atoms with van der Waals surface area (Å²) in [5.74, 6) is 0.857. The molecule has 37 heavy (non-hydrogen) atoms. The molecule has 2 atom stereocenters. The normalized spacial score (nSPS) is 21.3. The van der Waals surface area contributed by atoms with Gasteiger partial charge in [0.15, 0.2) is 0 Å². The Morgan fingerprint density at radius 2 is 1.95 bits per heavy atom. The van der Waals surface area contributed by atoms with Crippen LogP contribution in [0.2, 0.25) is 0 Å². The maximum Gasteiger partial charge on any atom is 0.241 e. The number of fused-ring (bicyclic) bond motifs is 1. The molecule has 8 heteroatoms. The smallest absolute Gasteiger partial charge is 0.241 e. The monoisotopic (exact) mass is 504 g/mol. The van der Waals surface area contributed by atoms with Crippen molar-refractivity contribution in [3.63, 3.8) is 0 Å². The summed E-state index contributed by atoms with van der Waals surface area (Å²) in [6, 6.07) is 9.16. The Bertz CT molecular complexity index is 1280. The number of pyridine rings is 1. The maximum atomic E-state index is 13.8. The molecule has 3 aromatic rings. The topological polar surface area (TPSA) is 66.3 Å². The summed E-state index contributed by atoms with van der Waals surface area (Å²) < 4.78 is 15.5. The number of nitrogens with zero attached hydrogens (tertiary/aromatic N) is 5. The fraction of sp³-hybridized carbons (Fsp3) is 0.483. The predicted octanol–water partition coefficient (Wildman–Crippen LogP) is 3.61. The van der Waals surface area contributed by atoms with E-state index in [1.807, 2.05) is 24.9 Å². The Morgan fingerprint density at radius 1 is 1.19 bits per heavy atom. The number of imidazole rings is 1. The average molecular weight is 505 g/mol. The molecule has 1 aromatic carbocycles. The summed E-state index contributed by atoms with van der Waals surface area (Å²) in [7, 11) is 0. The van der Waals surface area contributed by atoms with Gasteiger partial charge in [-0.25, -0.2) is 9.37 Å². The highest BCUT2D eigenvalue weighted by Gasteiger charge is 2.40. The highest BCUT2D eigenvalue weighted by atomic mass is 19.1. The van der Waals surface area contributed by atoms with Crippen LogP contribution in [0.4, 0.5) is 10.1 Å². The number of anilines is 1. The van der Waals surface area contributed by atoms with Crippen molar-refractivity contribution in [3.8, 4) is 0 Å². The highest BCUT2D eigenvalue weighted by Crippen LogP contribution is 2.39. The van der Waals surface area contributed by atoms with Crippen LogP contribution >= 0.6 is 0 Å². The van der Waals surface area contributed by atoms with Crippen molar-refractivity contribution in [2.24, 2.45) is 0 Å². The number of piperazine rings is 1. The molecule has 0 unspecified atom stereocenters. The fourth-order valence-corrected chi connectivity index (χ4v) is 5.68. The van der Waals surface area contributed by atoms with Gasteiger partial charge in [0.1, 0.15) is 11.6 Å². The van der Waals surface area contributed by atoms with Crippen molar-refractivity contribution in [2.45, 2.75) is 65.1 Å². The van der Waals surface area contributed by atoms with E-state index in [1.165, 1.54) is 12.1 Å². The van der Waals surface area contributed by atoms with E-state index >= 15 is 0 Å². The second-order valence-corrected chi connectivity index (χ2v) is 11.4. The number of carbonyl (C=O) groups excluding carboxylic acids is 1. The first-order chi connectivity index (χ1) is 17.6. The second kappa shape index (κ2) is 9.99. The van der Waals surface area contributed by atoms with Crippen molar-refractivity contribution in [1.29, 1.82) is 0 Å². The van der Waals surface area contributed by atoms with Gasteiger partial charge in [-0.1, -0.05) is 26.0 Å². The van der Waals surface area contributed by atoms with Gasteiger partial charge in [0.2, 0.25) is 5.91 Å². The van der Waals surface area contributed by atoms with E-state index in [2.05, 4.69) is 52.8 Å². The molecule has 1 saturated heterocycles. The number of carbonyl (C=O) groups is 1. The quantitative estimate of drug-likeness (QED) is 0.556. The number of hydrogen-bond donors (Lipinski definition) is 1. The van der Waals surface area contributed by atoms with Crippen LogP contribution < -0.4 is 10.2 Å². The zero-order chi connectivity index (χ0) is 26.3. The second-order valence-electron chi connectivity index (χ2n) is 11.4. The zero-order valence-electron chi connectivity index (χ0n) is 22.5. The molecule has 2 aliphatic heterocycles. The van der Waals surface area contributed by atoms with Crippen molar-refractivity contribution >= 4 is 11.6 Å². The molecule has 2 aliphatic rings. The van der Waals surface area contributed by atoms with Gasteiger partial charge in [-0.05, 0) is 56.5 Å². The molecule has 1 fully saturated rings. The van der Waals surface area contributed by atoms with Gasteiger partial charge in [0.05, 0.1) is 23.6 Å². The standard InChI is InChI=1S/C29H37FN6O/c1-19-14-35(25(13-31-19)16-34-15-20(2)33-21(34)3)17-27(37)36-18-29(4,5)28-26(36)11-23(12-32-28)10-22-6-8-24(30)9-7-22/h6-9,11-12,15,19,25,31H,10,13-14,16-18H2,1-5H3/t19-,25-/m1/s1. The van der Waals surface area contributed by atoms with E-state index in [9.17, 15) is 9.18 Å². The molecule has 1 amide bonds. The Labute approximate surface area is 218 Å². The Hall–Kier alpha value is -3.10. The Morgan fingerprint density at radius 3 is 2.65 bits per heavy atom. The molecule has 0 saturated carbocycles. The molecule has 2 aromatic heterocycles. The number of rotatable bonds is 6. The Kier molecular flexibility index (Phi) is 6.89. The molecule has 196 valence electrons. The molecule has 4 heterocycles. The van der Waals surface area contributed by atoms with Crippen LogP contribution in [-0.2, 0) is 23.2 Å². The van der Waals surface area contributed by atoms with Crippen LogP contribution in [0.1, 0.15) is 49.1 Å². The maximum absolute atomic E-state index is 13.8. The van der Waals surface area contributed by atoms with Gasteiger partial charge in [-0.2, -0.15) is 0 Å². The molecule has 7 nitrogen and oxygen atoms in total. The minimum atomic E-state index is -0.242. The predicted molar refractivity (Wildman–Crippen MR) is 143 cm³/mol. The summed E-state index contributed by atoms with van der Waals surface area (Å²) in [4.78, 5) is 27.4. The number of nitrogens with one attached hydrogen (secondary N) is 1. The third-order valence-corrected chi connectivity index (χ3v) is 7.60. The number of benzene rings is 1. The van der Waals surface area contributed by atoms with E-state index in [1.54, 1.807) is 12.1 Å². The van der Waals surface area contributed by atoms with Crippen molar-refractivity contribution < 1.29 is 9.18 Å². The molecular weight excluding hydrogens is 467 g/mol. The van der Waals surface area contributed by atoms with Gasteiger partial charge in [-0.3, -0.25) is 14.7 Å². The number of aryl methyl sites for hydroxylation is 2. The molecule has 1 N–H and O–H groups in total. The summed E-state index contributed by atoms with van der Waals surface area (Å²) >= 11 is 0. The minimum Gasteiger partial charge on any atom is -0.333 e. The molecule has 0 radical (unpaired) electrons. The van der Waals surface area contributed by atoms with Crippen LogP contribution in [0.15, 0.2) is 42.7 Å². The minimum absolute atomic E-state index is 0.102. The summed E-state index contributed by atoms with van der Waals surface area (Å²) in [6.45, 7) is 13.9. The van der Waals surface area contributed by atoms with Crippen molar-refractivity contribution in [3.05, 3.63) is 76.9 Å². The third-order valence-electron chi connectivity index (χ3n) is 7.60. The summed E-state index contributed by atoms with van der Waals surface area (Å²) in [6.07, 6.45) is 4.62. The average Bonchev–Trinajstić information content (AvgIpc) is 3.30. The lowest BCUT2D eigenvalue weighted by molar-refractivity contribution is -0.120. The summed E-state index contributed by atoms with van der Waals surface area (Å²) in [5.41, 5.74) is 4.67. The zero-order valence-corrected chi connectivity index (χ0v) is 22.5. The number of aromatic nitrogens is 3. The van der Waals surface area contributed by atoms with E-state index in [0.717, 1.165) is 53.7 Å². The van der Waals surface area contributed by atoms with Crippen LogP contribution in [0.5, 0.6) is 0 Å². The molecular formula is C29H37FN6O. The lowest BCUT2D eigenvalue weighted by atomic mass is 9.91. The van der Waals surface area contributed by atoms with E-state index in [4.69, 9.17) is 4.98 Å². The van der Waals surface area contributed by atoms with Gasteiger partial charge in [-0.15, -0.1) is 0 Å². The van der Waals surface area contributed by atoms with E-state index < -0.39 is 0 Å². The van der Waals surface area contributed by atoms with Crippen molar-refractivity contribution in [1.82, 2.24) is 24.8 Å². The largest absolute Gasteiger partial charge is 0.333 e. The highest BCUT2D eigenvalue weighted by molar-refractivity contribution is 5.97. The summed E-state index contributed by atoms with van der Waals surface area (Å²) in [5, 5.41) is 3.58. The van der Waals surface area contributed by atoms with Crippen LogP contribution in [-0.4, -0.2) is 63.6 Å². The number of halogens is 1. The van der Waals surface area contributed by atoms with E-state index in [-0.39, 0.29) is 23.2 Å². The van der Waals surface area contributed by atoms with Crippen LogP contribution in [0.3, 0.4) is 0 Å². The van der Waals surface area contributed by atoms with Gasteiger partial charge in [0, 0.05) is 56.1 Å². The first-order valence-corrected chi connectivity index (χ1v) is 13.1. The van der Waals surface area contributed by atoms with Gasteiger partial charge < -0.3 is 14.8 Å². The third kappa shape index (κ3) is 5.45. The lowest BCUT2D eigenvalue weighted by Crippen LogP contribution is -2.59. The van der Waals surface area contributed by atoms with Crippen LogP contribution in [0, 0.1) is 19.7 Å². The van der Waals surface area contributed by atoms with Gasteiger partial charge in [0.25, 0.3) is 0 Å². The molecule has 0 spiro atoms. The fourth-order valence-electron chi connectivity index (χ4n) is 5.68. The molecule has 0 aliphatic carbocycles. The van der Waals surface area contributed by atoms with Crippen LogP contribution in [0.25, 0.3) is 0 Å². The number of hydrogen-bond acceptors (Lipinski definition) is 5. The molecule has 5 rings (SSSR count).